The van der Waals surface area contributed by atoms with Gasteiger partial charge in [-0.15, -0.1) is 0 Å². The summed E-state index contributed by atoms with van der Waals surface area (Å²) in [6.07, 6.45) is 1.23. The van der Waals surface area contributed by atoms with Gasteiger partial charge >= 0.3 is 5.97 Å². The highest BCUT2D eigenvalue weighted by Gasteiger charge is 2.33. The number of carbonyl (C=O) groups excluding carboxylic acids is 2. The molecule has 0 aliphatic carbocycles. The molecule has 1 heterocycles. The van der Waals surface area contributed by atoms with Crippen LogP contribution in [0.15, 0.2) is 30.3 Å². The van der Waals surface area contributed by atoms with E-state index in [0.717, 1.165) is 5.56 Å². The molecular formula is C14H17NO4. The number of hydrogen-bond acceptors (Lipinski definition) is 4. The first-order valence-electron chi connectivity index (χ1n) is 6.26. The van der Waals surface area contributed by atoms with Crippen LogP contribution in [0.5, 0.6) is 0 Å². The Bertz CT molecular complexity index is 446. The second-order valence-corrected chi connectivity index (χ2v) is 4.45. The summed E-state index contributed by atoms with van der Waals surface area (Å²) in [5.41, 5.74) is 0.946. The highest BCUT2D eigenvalue weighted by atomic mass is 16.7. The van der Waals surface area contributed by atoms with Crippen LogP contribution in [0.4, 0.5) is 0 Å². The van der Waals surface area contributed by atoms with E-state index in [4.69, 9.17) is 9.57 Å². The summed E-state index contributed by atoms with van der Waals surface area (Å²) >= 11 is 0. The molecule has 5 heteroatoms. The minimum atomic E-state index is -0.314. The van der Waals surface area contributed by atoms with E-state index in [1.807, 2.05) is 30.3 Å². The van der Waals surface area contributed by atoms with Crippen molar-refractivity contribution < 1.29 is 19.2 Å². The van der Waals surface area contributed by atoms with Crippen molar-refractivity contribution in [1.29, 1.82) is 0 Å². The van der Waals surface area contributed by atoms with Crippen LogP contribution in [0.1, 0.15) is 24.8 Å². The maximum absolute atomic E-state index is 11.7. The minimum Gasteiger partial charge on any atom is -0.461 e. The number of esters is 1. The average molecular weight is 263 g/mol. The van der Waals surface area contributed by atoms with Gasteiger partial charge in [-0.25, -0.2) is 5.06 Å². The third-order valence-electron chi connectivity index (χ3n) is 3.11. The van der Waals surface area contributed by atoms with Crippen molar-refractivity contribution in [2.45, 2.75) is 31.9 Å². The highest BCUT2D eigenvalue weighted by molar-refractivity contribution is 5.79. The number of carbonyl (C=O) groups is 2. The van der Waals surface area contributed by atoms with Crippen LogP contribution in [0, 0.1) is 0 Å². The summed E-state index contributed by atoms with van der Waals surface area (Å²) in [5.74, 6) is -0.394. The second-order valence-electron chi connectivity index (χ2n) is 4.45. The number of hydroxylamine groups is 2. The molecule has 0 aromatic heterocycles. The first kappa shape index (κ1) is 13.5. The van der Waals surface area contributed by atoms with Gasteiger partial charge in [0.25, 0.3) is 0 Å². The molecule has 5 nitrogen and oxygen atoms in total. The van der Waals surface area contributed by atoms with E-state index in [9.17, 15) is 9.59 Å². The van der Waals surface area contributed by atoms with Crippen molar-refractivity contribution in [3.05, 3.63) is 35.9 Å². The van der Waals surface area contributed by atoms with E-state index in [0.29, 0.717) is 12.8 Å². The van der Waals surface area contributed by atoms with E-state index in [-0.39, 0.29) is 30.9 Å². The molecule has 0 spiro atoms. The minimum absolute atomic E-state index is 0.0802. The van der Waals surface area contributed by atoms with Gasteiger partial charge in [-0.05, 0) is 12.0 Å². The number of hydrogen-bond donors (Lipinski definition) is 0. The van der Waals surface area contributed by atoms with Gasteiger partial charge in [0.15, 0.2) is 0 Å². The number of rotatable bonds is 5. The smallest absolute Gasteiger partial charge is 0.308 e. The van der Waals surface area contributed by atoms with Crippen LogP contribution in [0.2, 0.25) is 0 Å². The summed E-state index contributed by atoms with van der Waals surface area (Å²) in [7, 11) is 1.44. The predicted molar refractivity (Wildman–Crippen MR) is 67.7 cm³/mol. The van der Waals surface area contributed by atoms with Gasteiger partial charge in [0, 0.05) is 6.42 Å². The Kier molecular flexibility index (Phi) is 4.52. The third kappa shape index (κ3) is 3.54. The summed E-state index contributed by atoms with van der Waals surface area (Å²) in [4.78, 5) is 28.1. The molecule has 0 bridgehead atoms. The molecule has 19 heavy (non-hydrogen) atoms. The van der Waals surface area contributed by atoms with E-state index in [2.05, 4.69) is 0 Å². The molecule has 0 saturated carbocycles. The number of benzene rings is 1. The number of ether oxygens (including phenoxy) is 1. The lowest BCUT2D eigenvalue weighted by Crippen LogP contribution is -2.33. The topological polar surface area (TPSA) is 55.8 Å². The normalized spacial score (nSPS) is 18.7. The first-order chi connectivity index (χ1) is 9.20. The Morgan fingerprint density at radius 3 is 2.79 bits per heavy atom. The molecule has 2 rings (SSSR count). The van der Waals surface area contributed by atoms with Crippen molar-refractivity contribution in [1.82, 2.24) is 5.06 Å². The maximum Gasteiger partial charge on any atom is 0.308 e. The Morgan fingerprint density at radius 1 is 1.37 bits per heavy atom. The fraction of sp³-hybridized carbons (Fsp3) is 0.429. The van der Waals surface area contributed by atoms with Crippen LogP contribution in [0.25, 0.3) is 0 Å². The van der Waals surface area contributed by atoms with Crippen molar-refractivity contribution >= 4 is 11.9 Å². The van der Waals surface area contributed by atoms with Gasteiger partial charge in [-0.2, -0.15) is 0 Å². The van der Waals surface area contributed by atoms with Crippen LogP contribution < -0.4 is 0 Å². The molecule has 1 atom stereocenters. The second kappa shape index (κ2) is 6.33. The Balaban J connectivity index is 1.80. The molecule has 0 N–H and O–H groups in total. The van der Waals surface area contributed by atoms with E-state index in [1.54, 1.807) is 0 Å². The standard InChI is InChI=1S/C14H17NO4/c1-18-15-12(7-8-13(15)16)9-14(17)19-10-11-5-3-2-4-6-11/h2-6,12H,7-10H2,1H3. The van der Waals surface area contributed by atoms with Crippen molar-refractivity contribution in [2.75, 3.05) is 7.11 Å². The molecule has 1 saturated heterocycles. The van der Waals surface area contributed by atoms with Crippen LogP contribution in [-0.2, 0) is 25.8 Å². The van der Waals surface area contributed by atoms with E-state index < -0.39 is 0 Å². The SMILES string of the molecule is CON1C(=O)CCC1CC(=O)OCc1ccccc1. The number of nitrogens with zero attached hydrogens (tertiary/aromatic N) is 1. The molecule has 0 radical (unpaired) electrons. The summed E-state index contributed by atoms with van der Waals surface area (Å²) in [6.45, 7) is 0.257. The van der Waals surface area contributed by atoms with Crippen LogP contribution in [-0.4, -0.2) is 30.1 Å². The lowest BCUT2D eigenvalue weighted by molar-refractivity contribution is -0.180. The zero-order chi connectivity index (χ0) is 13.7. The fourth-order valence-corrected chi connectivity index (χ4v) is 2.15. The Hall–Kier alpha value is -1.88. The third-order valence-corrected chi connectivity index (χ3v) is 3.11. The highest BCUT2D eigenvalue weighted by Crippen LogP contribution is 2.21. The monoisotopic (exact) mass is 263 g/mol. The van der Waals surface area contributed by atoms with Crippen molar-refractivity contribution in [3.63, 3.8) is 0 Å². The number of amides is 1. The van der Waals surface area contributed by atoms with Crippen molar-refractivity contribution in [3.8, 4) is 0 Å². The summed E-state index contributed by atoms with van der Waals surface area (Å²) in [5, 5.41) is 1.27. The summed E-state index contributed by atoms with van der Waals surface area (Å²) < 4.78 is 5.19. The van der Waals surface area contributed by atoms with E-state index in [1.165, 1.54) is 12.2 Å². The van der Waals surface area contributed by atoms with Crippen molar-refractivity contribution in [2.24, 2.45) is 0 Å². The molecule has 1 fully saturated rings. The van der Waals surface area contributed by atoms with Gasteiger partial charge in [-0.3, -0.25) is 14.4 Å². The molecular weight excluding hydrogens is 246 g/mol. The van der Waals surface area contributed by atoms with Crippen LogP contribution >= 0.6 is 0 Å². The molecule has 1 aromatic rings. The van der Waals surface area contributed by atoms with Gasteiger partial charge in [0.2, 0.25) is 5.91 Å². The van der Waals surface area contributed by atoms with Crippen LogP contribution in [0.3, 0.4) is 0 Å². The quantitative estimate of drug-likeness (QED) is 0.758. The zero-order valence-electron chi connectivity index (χ0n) is 10.9. The van der Waals surface area contributed by atoms with Gasteiger partial charge in [-0.1, -0.05) is 30.3 Å². The average Bonchev–Trinajstić information content (AvgIpc) is 2.78. The fourth-order valence-electron chi connectivity index (χ4n) is 2.15. The van der Waals surface area contributed by atoms with Gasteiger partial charge < -0.3 is 4.74 Å². The molecule has 102 valence electrons. The lowest BCUT2D eigenvalue weighted by atomic mass is 10.1. The van der Waals surface area contributed by atoms with Gasteiger partial charge in [0.1, 0.15) is 6.61 Å². The first-order valence-corrected chi connectivity index (χ1v) is 6.26. The summed E-state index contributed by atoms with van der Waals surface area (Å²) in [6, 6.07) is 9.28. The molecule has 1 aliphatic heterocycles. The van der Waals surface area contributed by atoms with E-state index >= 15 is 0 Å². The maximum atomic E-state index is 11.7. The molecule has 1 aromatic carbocycles. The molecule has 1 unspecified atom stereocenters. The molecule has 1 amide bonds. The largest absolute Gasteiger partial charge is 0.461 e. The zero-order valence-corrected chi connectivity index (χ0v) is 10.9. The molecule has 1 aliphatic rings. The predicted octanol–water partition coefficient (Wildman–Crippen LogP) is 1.67. The Morgan fingerprint density at radius 2 is 2.11 bits per heavy atom. The Labute approximate surface area is 112 Å². The van der Waals surface area contributed by atoms with Gasteiger partial charge in [0.05, 0.1) is 19.6 Å². The lowest BCUT2D eigenvalue weighted by Gasteiger charge is -2.20.